The minimum Gasteiger partial charge on any atom is -0.380 e. The number of rotatable bonds is 3. The van der Waals surface area contributed by atoms with Crippen molar-refractivity contribution in [1.82, 2.24) is 5.32 Å². The zero-order valence-electron chi connectivity index (χ0n) is 11.9. The average Bonchev–Trinajstić information content (AvgIpc) is 2.48. The highest BCUT2D eigenvalue weighted by Gasteiger charge is 2.29. The van der Waals surface area contributed by atoms with Gasteiger partial charge >= 0.3 is 0 Å². The molecular weight excluding hydrogens is 273 g/mol. The molecule has 3 atom stereocenters. The molecule has 1 aromatic carbocycles. The zero-order valence-corrected chi connectivity index (χ0v) is 12.7. The number of nitrogens with one attached hydrogen (secondary N) is 1. The van der Waals surface area contributed by atoms with Crippen LogP contribution in [-0.2, 0) is 4.74 Å². The van der Waals surface area contributed by atoms with Crippen LogP contribution in [-0.4, -0.2) is 25.0 Å². The molecular formula is C16H22FNOS. The summed E-state index contributed by atoms with van der Waals surface area (Å²) in [5.41, 5.74) is 1.13. The van der Waals surface area contributed by atoms with Gasteiger partial charge in [0.2, 0.25) is 0 Å². The highest BCUT2D eigenvalue weighted by Crippen LogP contribution is 2.37. The van der Waals surface area contributed by atoms with Gasteiger partial charge in [-0.25, -0.2) is 4.39 Å². The van der Waals surface area contributed by atoms with E-state index in [0.717, 1.165) is 30.6 Å². The molecule has 1 aliphatic heterocycles. The number of ether oxygens (including phenoxy) is 1. The van der Waals surface area contributed by atoms with Crippen molar-refractivity contribution in [3.05, 3.63) is 29.6 Å². The molecule has 110 valence electrons. The van der Waals surface area contributed by atoms with Crippen LogP contribution in [0.5, 0.6) is 0 Å². The van der Waals surface area contributed by atoms with Crippen molar-refractivity contribution in [1.29, 1.82) is 0 Å². The Labute approximate surface area is 124 Å². The van der Waals surface area contributed by atoms with Gasteiger partial charge in [0.15, 0.2) is 0 Å². The van der Waals surface area contributed by atoms with Gasteiger partial charge in [0.1, 0.15) is 5.82 Å². The fraction of sp³-hybridized carbons (Fsp3) is 0.625. The molecule has 0 spiro atoms. The van der Waals surface area contributed by atoms with Crippen molar-refractivity contribution in [3.8, 4) is 0 Å². The lowest BCUT2D eigenvalue weighted by molar-refractivity contribution is 0.0372. The Morgan fingerprint density at radius 1 is 1.25 bits per heavy atom. The second kappa shape index (κ2) is 6.46. The van der Waals surface area contributed by atoms with Crippen LogP contribution in [0, 0.1) is 5.82 Å². The number of benzene rings is 1. The smallest absolute Gasteiger partial charge is 0.123 e. The van der Waals surface area contributed by atoms with E-state index < -0.39 is 0 Å². The highest BCUT2D eigenvalue weighted by atomic mass is 32.2. The maximum atomic E-state index is 13.5. The molecule has 0 radical (unpaired) electrons. The first-order chi connectivity index (χ1) is 9.78. The van der Waals surface area contributed by atoms with E-state index in [1.54, 1.807) is 19.2 Å². The van der Waals surface area contributed by atoms with E-state index in [1.807, 2.05) is 17.8 Å². The van der Waals surface area contributed by atoms with Gasteiger partial charge in [-0.2, -0.15) is 0 Å². The molecule has 1 N–H and O–H groups in total. The Hall–Kier alpha value is -0.580. The fourth-order valence-corrected chi connectivity index (χ4v) is 4.47. The number of hydrogen-bond acceptors (Lipinski definition) is 3. The lowest BCUT2D eigenvalue weighted by Crippen LogP contribution is -2.45. The molecule has 2 nitrogen and oxygen atoms in total. The van der Waals surface area contributed by atoms with Gasteiger partial charge < -0.3 is 10.1 Å². The number of thioether (sulfide) groups is 1. The van der Waals surface area contributed by atoms with Crippen molar-refractivity contribution < 1.29 is 9.13 Å². The average molecular weight is 295 g/mol. The van der Waals surface area contributed by atoms with Crippen molar-refractivity contribution in [2.24, 2.45) is 0 Å². The fourth-order valence-electron chi connectivity index (χ4n) is 3.37. The number of hydrogen-bond donors (Lipinski definition) is 1. The van der Waals surface area contributed by atoms with Gasteiger partial charge in [0.05, 0.1) is 6.10 Å². The summed E-state index contributed by atoms with van der Waals surface area (Å²) in [5, 5.41) is 3.74. The molecule has 1 heterocycles. The summed E-state index contributed by atoms with van der Waals surface area (Å²) in [5.74, 6) is 0.964. The lowest BCUT2D eigenvalue weighted by Gasteiger charge is -2.36. The standard InChI is InChI=1S/C16H22FNOS/c1-19-15-5-3-2-4-14(15)18-13-8-9-20-16-7-6-11(17)10-12(13)16/h6-7,10,13-15,18H,2-5,8-9H2,1H3. The third-order valence-electron chi connectivity index (χ3n) is 4.43. The Morgan fingerprint density at radius 2 is 2.10 bits per heavy atom. The maximum Gasteiger partial charge on any atom is 0.123 e. The summed E-state index contributed by atoms with van der Waals surface area (Å²) in [7, 11) is 1.80. The third-order valence-corrected chi connectivity index (χ3v) is 5.55. The molecule has 4 heteroatoms. The van der Waals surface area contributed by atoms with Crippen LogP contribution in [0.1, 0.15) is 43.7 Å². The molecule has 0 saturated heterocycles. The molecule has 1 aliphatic carbocycles. The zero-order chi connectivity index (χ0) is 13.9. The second-order valence-corrected chi connectivity index (χ2v) is 6.84. The quantitative estimate of drug-likeness (QED) is 0.913. The first-order valence-corrected chi connectivity index (χ1v) is 8.47. The SMILES string of the molecule is COC1CCCCC1NC1CCSc2ccc(F)cc21. The molecule has 2 aliphatic rings. The number of methoxy groups -OCH3 is 1. The Kier molecular flexibility index (Phi) is 4.64. The van der Waals surface area contributed by atoms with E-state index in [4.69, 9.17) is 4.74 Å². The van der Waals surface area contributed by atoms with Crippen molar-refractivity contribution in [3.63, 3.8) is 0 Å². The third kappa shape index (κ3) is 3.02. The van der Waals surface area contributed by atoms with Gasteiger partial charge in [-0.15, -0.1) is 11.8 Å². The van der Waals surface area contributed by atoms with Gasteiger partial charge in [0.25, 0.3) is 0 Å². The van der Waals surface area contributed by atoms with E-state index in [9.17, 15) is 4.39 Å². The summed E-state index contributed by atoms with van der Waals surface area (Å²) in [6, 6.07) is 5.84. The molecule has 1 saturated carbocycles. The molecule has 1 fully saturated rings. The second-order valence-electron chi connectivity index (χ2n) is 5.70. The Bertz CT molecular complexity index is 468. The van der Waals surface area contributed by atoms with Crippen LogP contribution in [0.2, 0.25) is 0 Å². The van der Waals surface area contributed by atoms with Gasteiger partial charge in [0, 0.05) is 24.1 Å². The van der Waals surface area contributed by atoms with Gasteiger partial charge in [-0.1, -0.05) is 12.8 Å². The minimum absolute atomic E-state index is 0.134. The molecule has 1 aromatic rings. The highest BCUT2D eigenvalue weighted by molar-refractivity contribution is 7.99. The van der Waals surface area contributed by atoms with E-state index in [0.29, 0.717) is 12.1 Å². The van der Waals surface area contributed by atoms with Crippen LogP contribution in [0.4, 0.5) is 4.39 Å². The monoisotopic (exact) mass is 295 g/mol. The Balaban J connectivity index is 1.76. The van der Waals surface area contributed by atoms with E-state index >= 15 is 0 Å². The summed E-state index contributed by atoms with van der Waals surface area (Å²) in [6.07, 6.45) is 6.17. The predicted octanol–water partition coefficient (Wildman–Crippen LogP) is 3.91. The summed E-state index contributed by atoms with van der Waals surface area (Å²) in [4.78, 5) is 1.22. The Morgan fingerprint density at radius 3 is 2.95 bits per heavy atom. The van der Waals surface area contributed by atoms with Gasteiger partial charge in [-0.05, 0) is 48.8 Å². The van der Waals surface area contributed by atoms with E-state index in [-0.39, 0.29) is 11.9 Å². The van der Waals surface area contributed by atoms with Crippen LogP contribution in [0.25, 0.3) is 0 Å². The minimum atomic E-state index is -0.134. The summed E-state index contributed by atoms with van der Waals surface area (Å²) < 4.78 is 19.1. The molecule has 3 unspecified atom stereocenters. The lowest BCUT2D eigenvalue weighted by atomic mass is 9.90. The van der Waals surface area contributed by atoms with Crippen LogP contribution in [0.15, 0.2) is 23.1 Å². The first kappa shape index (κ1) is 14.4. The molecule has 0 amide bonds. The summed E-state index contributed by atoms with van der Waals surface area (Å²) in [6.45, 7) is 0. The van der Waals surface area contributed by atoms with Crippen molar-refractivity contribution >= 4 is 11.8 Å². The van der Waals surface area contributed by atoms with E-state index in [2.05, 4.69) is 5.32 Å². The van der Waals surface area contributed by atoms with Crippen molar-refractivity contribution in [2.45, 2.75) is 55.2 Å². The molecule has 0 bridgehead atoms. The van der Waals surface area contributed by atoms with Crippen LogP contribution < -0.4 is 5.32 Å². The van der Waals surface area contributed by atoms with Crippen LogP contribution >= 0.6 is 11.8 Å². The molecule has 3 rings (SSSR count). The number of halogens is 1. The summed E-state index contributed by atoms with van der Waals surface area (Å²) >= 11 is 1.83. The molecule has 0 aromatic heterocycles. The van der Waals surface area contributed by atoms with Gasteiger partial charge in [-0.3, -0.25) is 0 Å². The largest absolute Gasteiger partial charge is 0.380 e. The maximum absolute atomic E-state index is 13.5. The predicted molar refractivity (Wildman–Crippen MR) is 80.7 cm³/mol. The van der Waals surface area contributed by atoms with Crippen LogP contribution in [0.3, 0.4) is 0 Å². The number of fused-ring (bicyclic) bond motifs is 1. The first-order valence-electron chi connectivity index (χ1n) is 7.49. The normalized spacial score (nSPS) is 30.0. The topological polar surface area (TPSA) is 21.3 Å². The van der Waals surface area contributed by atoms with Crippen molar-refractivity contribution in [2.75, 3.05) is 12.9 Å². The molecule has 20 heavy (non-hydrogen) atoms. The van der Waals surface area contributed by atoms with E-state index in [1.165, 1.54) is 17.7 Å².